The Morgan fingerprint density at radius 1 is 1.35 bits per heavy atom. The summed E-state index contributed by atoms with van der Waals surface area (Å²) in [6.07, 6.45) is 7.62. The van der Waals surface area contributed by atoms with E-state index < -0.39 is 0 Å². The molecule has 0 atom stereocenters. The Kier molecular flexibility index (Phi) is 5.75. The van der Waals surface area contributed by atoms with E-state index in [1.165, 1.54) is 6.07 Å². The molecule has 0 aromatic carbocycles. The van der Waals surface area contributed by atoms with Crippen molar-refractivity contribution < 1.29 is 0 Å². The Labute approximate surface area is 109 Å². The van der Waals surface area contributed by atoms with Crippen molar-refractivity contribution in [2.75, 3.05) is 5.75 Å². The van der Waals surface area contributed by atoms with Crippen LogP contribution in [0.2, 0.25) is 0 Å². The first-order valence-electron chi connectivity index (χ1n) is 6.29. The zero-order chi connectivity index (χ0) is 12.7. The van der Waals surface area contributed by atoms with Crippen LogP contribution >= 0.6 is 12.6 Å². The van der Waals surface area contributed by atoms with Gasteiger partial charge in [0.1, 0.15) is 0 Å². The van der Waals surface area contributed by atoms with Crippen molar-refractivity contribution in [3.8, 4) is 0 Å². The van der Waals surface area contributed by atoms with Gasteiger partial charge >= 0.3 is 0 Å². The van der Waals surface area contributed by atoms with Gasteiger partial charge in [0, 0.05) is 18.8 Å². The second-order valence-corrected chi connectivity index (χ2v) is 5.02. The molecule has 1 rings (SSSR count). The van der Waals surface area contributed by atoms with E-state index >= 15 is 0 Å². The van der Waals surface area contributed by atoms with Crippen molar-refractivity contribution in [2.45, 2.75) is 46.1 Å². The molecule has 1 aromatic rings. The molecule has 0 aliphatic heterocycles. The van der Waals surface area contributed by atoms with Gasteiger partial charge in [0.25, 0.3) is 5.56 Å². The Morgan fingerprint density at radius 3 is 2.47 bits per heavy atom. The summed E-state index contributed by atoms with van der Waals surface area (Å²) in [6.45, 7) is 5.09. The molecule has 0 fully saturated rings. The van der Waals surface area contributed by atoms with E-state index in [4.69, 9.17) is 0 Å². The van der Waals surface area contributed by atoms with E-state index in [0.717, 1.165) is 38.0 Å². The lowest BCUT2D eigenvalue weighted by Crippen LogP contribution is -2.33. The van der Waals surface area contributed by atoms with Gasteiger partial charge in [-0.25, -0.2) is 4.98 Å². The van der Waals surface area contributed by atoms with Gasteiger partial charge in [0.05, 0.1) is 6.33 Å². The molecule has 0 N–H and O–H groups in total. The summed E-state index contributed by atoms with van der Waals surface area (Å²) in [5.41, 5.74) is 0.151. The smallest absolute Gasteiger partial charge is 0.253 e. The highest BCUT2D eigenvalue weighted by Gasteiger charge is 2.27. The first-order chi connectivity index (χ1) is 8.17. The molecule has 0 aliphatic rings. The minimum atomic E-state index is 0.0263. The average Bonchev–Trinajstić information content (AvgIpc) is 2.33. The van der Waals surface area contributed by atoms with E-state index in [-0.39, 0.29) is 11.0 Å². The first-order valence-corrected chi connectivity index (χ1v) is 6.92. The number of hydrogen-bond donors (Lipinski definition) is 1. The lowest BCUT2D eigenvalue weighted by molar-refractivity contribution is 0.228. The van der Waals surface area contributed by atoms with Crippen LogP contribution in [0.5, 0.6) is 0 Å². The summed E-state index contributed by atoms with van der Waals surface area (Å²) in [5, 5.41) is 0. The molecular weight excluding hydrogens is 232 g/mol. The van der Waals surface area contributed by atoms with E-state index in [0.29, 0.717) is 0 Å². The lowest BCUT2D eigenvalue weighted by atomic mass is 9.81. The second kappa shape index (κ2) is 6.84. The number of thiol groups is 1. The third-order valence-electron chi connectivity index (χ3n) is 3.19. The zero-order valence-electron chi connectivity index (χ0n) is 10.7. The fourth-order valence-corrected chi connectivity index (χ4v) is 2.83. The molecule has 96 valence electrons. The van der Waals surface area contributed by atoms with E-state index in [2.05, 4.69) is 31.5 Å². The van der Waals surface area contributed by atoms with Crippen molar-refractivity contribution in [3.63, 3.8) is 0 Å². The summed E-state index contributed by atoms with van der Waals surface area (Å²) in [7, 11) is 0. The van der Waals surface area contributed by atoms with Crippen molar-refractivity contribution >= 4 is 12.6 Å². The average molecular weight is 254 g/mol. The molecule has 0 saturated carbocycles. The number of aromatic nitrogens is 2. The van der Waals surface area contributed by atoms with Crippen LogP contribution in [0.15, 0.2) is 23.4 Å². The maximum absolute atomic E-state index is 11.7. The van der Waals surface area contributed by atoms with Crippen molar-refractivity contribution in [3.05, 3.63) is 28.9 Å². The van der Waals surface area contributed by atoms with Crippen LogP contribution in [0, 0.1) is 5.41 Å². The highest BCUT2D eigenvalue weighted by molar-refractivity contribution is 7.80. The number of hydrogen-bond acceptors (Lipinski definition) is 3. The summed E-state index contributed by atoms with van der Waals surface area (Å²) in [5.74, 6) is 0.815. The third kappa shape index (κ3) is 3.87. The minimum absolute atomic E-state index is 0.0263. The summed E-state index contributed by atoms with van der Waals surface area (Å²) < 4.78 is 1.71. The Morgan fingerprint density at radius 2 is 2.00 bits per heavy atom. The predicted octanol–water partition coefficient (Wildman–Crippen LogP) is 2.76. The van der Waals surface area contributed by atoms with Crippen LogP contribution in [0.1, 0.15) is 39.5 Å². The molecule has 17 heavy (non-hydrogen) atoms. The van der Waals surface area contributed by atoms with Crippen molar-refractivity contribution in [1.82, 2.24) is 9.55 Å². The molecule has 0 spiro atoms. The van der Waals surface area contributed by atoms with Gasteiger partial charge in [-0.1, -0.05) is 26.7 Å². The molecule has 3 nitrogen and oxygen atoms in total. The molecule has 0 amide bonds. The topological polar surface area (TPSA) is 34.9 Å². The van der Waals surface area contributed by atoms with Gasteiger partial charge in [-0.3, -0.25) is 9.36 Å². The molecule has 4 heteroatoms. The fourth-order valence-electron chi connectivity index (χ4n) is 2.41. The SMILES string of the molecule is CCCC(CS)(CCC)Cn1cnccc1=O. The van der Waals surface area contributed by atoms with Crippen molar-refractivity contribution in [1.29, 1.82) is 0 Å². The third-order valence-corrected chi connectivity index (χ3v) is 3.86. The van der Waals surface area contributed by atoms with E-state index in [9.17, 15) is 4.79 Å². The quantitative estimate of drug-likeness (QED) is 0.759. The first kappa shape index (κ1) is 14.3. The van der Waals surface area contributed by atoms with E-state index in [1.807, 2.05) is 0 Å². The van der Waals surface area contributed by atoms with Gasteiger partial charge in [0.2, 0.25) is 0 Å². The van der Waals surface area contributed by atoms with Crippen LogP contribution in [-0.2, 0) is 6.54 Å². The molecule has 0 bridgehead atoms. The summed E-state index contributed by atoms with van der Waals surface area (Å²) in [4.78, 5) is 15.7. The molecular formula is C13H22N2OS. The molecule has 0 radical (unpaired) electrons. The van der Waals surface area contributed by atoms with Gasteiger partial charge < -0.3 is 0 Å². The maximum atomic E-state index is 11.7. The Bertz CT molecular complexity index is 383. The Hall–Kier alpha value is -0.770. The predicted molar refractivity (Wildman–Crippen MR) is 74.6 cm³/mol. The molecule has 0 saturated heterocycles. The molecule has 0 unspecified atom stereocenters. The standard InChI is InChI=1S/C13H22N2OS/c1-3-6-13(10-17,7-4-2)9-15-11-14-8-5-12(15)16/h5,8,11,17H,3-4,6-7,9-10H2,1-2H3. The normalized spacial score (nSPS) is 11.7. The fraction of sp³-hybridized carbons (Fsp3) is 0.692. The number of rotatable bonds is 7. The Balaban J connectivity index is 2.92. The van der Waals surface area contributed by atoms with Gasteiger partial charge in [-0.2, -0.15) is 12.6 Å². The maximum Gasteiger partial charge on any atom is 0.253 e. The van der Waals surface area contributed by atoms with Crippen LogP contribution < -0.4 is 5.56 Å². The van der Waals surface area contributed by atoms with Crippen LogP contribution in [0.25, 0.3) is 0 Å². The largest absolute Gasteiger partial charge is 0.299 e. The monoisotopic (exact) mass is 254 g/mol. The van der Waals surface area contributed by atoms with Crippen LogP contribution in [-0.4, -0.2) is 15.3 Å². The van der Waals surface area contributed by atoms with Gasteiger partial charge in [-0.05, 0) is 24.0 Å². The van der Waals surface area contributed by atoms with E-state index in [1.54, 1.807) is 17.1 Å². The second-order valence-electron chi connectivity index (χ2n) is 4.70. The van der Waals surface area contributed by atoms with Gasteiger partial charge in [0.15, 0.2) is 0 Å². The number of nitrogens with zero attached hydrogens (tertiary/aromatic N) is 2. The van der Waals surface area contributed by atoms with Crippen LogP contribution in [0.4, 0.5) is 0 Å². The molecule has 1 aromatic heterocycles. The van der Waals surface area contributed by atoms with Crippen molar-refractivity contribution in [2.24, 2.45) is 5.41 Å². The summed E-state index contributed by atoms with van der Waals surface area (Å²) in [6, 6.07) is 1.52. The minimum Gasteiger partial charge on any atom is -0.299 e. The summed E-state index contributed by atoms with van der Waals surface area (Å²) >= 11 is 4.50. The zero-order valence-corrected chi connectivity index (χ0v) is 11.6. The molecule has 0 aliphatic carbocycles. The highest BCUT2D eigenvalue weighted by Crippen LogP contribution is 2.32. The van der Waals surface area contributed by atoms with Crippen LogP contribution in [0.3, 0.4) is 0 Å². The highest BCUT2D eigenvalue weighted by atomic mass is 32.1. The van der Waals surface area contributed by atoms with Gasteiger partial charge in [-0.15, -0.1) is 0 Å². The molecule has 1 heterocycles. The lowest BCUT2D eigenvalue weighted by Gasteiger charge is -2.32.